The molecule has 2 rings (SSSR count). The van der Waals surface area contributed by atoms with E-state index in [2.05, 4.69) is 31.4 Å². The minimum atomic E-state index is -0.676. The molecular formula is C20H24N2O2. The number of carbonyl (C=O) groups is 2. The minimum absolute atomic E-state index is 0.0454. The Hall–Kier alpha value is -2.62. The first kappa shape index (κ1) is 17.7. The van der Waals surface area contributed by atoms with Gasteiger partial charge in [0.25, 0.3) is 0 Å². The Bertz CT molecular complexity index is 728. The summed E-state index contributed by atoms with van der Waals surface area (Å²) >= 11 is 0. The van der Waals surface area contributed by atoms with Gasteiger partial charge in [0, 0.05) is 11.4 Å². The molecule has 2 N–H and O–H groups in total. The van der Waals surface area contributed by atoms with Crippen molar-refractivity contribution >= 4 is 23.2 Å². The van der Waals surface area contributed by atoms with Crippen molar-refractivity contribution in [2.45, 2.75) is 39.5 Å². The Kier molecular flexibility index (Phi) is 5.39. The van der Waals surface area contributed by atoms with Crippen LogP contribution >= 0.6 is 0 Å². The van der Waals surface area contributed by atoms with Crippen molar-refractivity contribution in [3.8, 4) is 0 Å². The molecule has 126 valence electrons. The molecule has 2 amide bonds. The smallest absolute Gasteiger partial charge is 0.314 e. The summed E-state index contributed by atoms with van der Waals surface area (Å²) < 4.78 is 0. The molecule has 0 saturated carbocycles. The molecule has 4 heteroatoms. The number of benzene rings is 2. The highest BCUT2D eigenvalue weighted by Gasteiger charge is 2.16. The number of amides is 2. The fourth-order valence-electron chi connectivity index (χ4n) is 2.37. The minimum Gasteiger partial charge on any atom is -0.318 e. The molecule has 0 heterocycles. The number of anilines is 2. The summed E-state index contributed by atoms with van der Waals surface area (Å²) in [5.74, 6) is -1.35. The molecule has 0 bridgehead atoms. The van der Waals surface area contributed by atoms with Crippen LogP contribution in [0, 0.1) is 0 Å². The van der Waals surface area contributed by atoms with Crippen LogP contribution in [-0.2, 0) is 21.4 Å². The number of aryl methyl sites for hydroxylation is 1. The van der Waals surface area contributed by atoms with E-state index < -0.39 is 11.8 Å². The van der Waals surface area contributed by atoms with Crippen LogP contribution in [0.3, 0.4) is 0 Å². The second-order valence-corrected chi connectivity index (χ2v) is 6.75. The second kappa shape index (κ2) is 7.30. The van der Waals surface area contributed by atoms with Crippen LogP contribution in [0.1, 0.15) is 38.8 Å². The number of hydrogen-bond acceptors (Lipinski definition) is 2. The van der Waals surface area contributed by atoms with E-state index in [1.807, 2.05) is 49.4 Å². The van der Waals surface area contributed by atoms with Gasteiger partial charge in [-0.3, -0.25) is 9.59 Å². The predicted octanol–water partition coefficient (Wildman–Crippen LogP) is 4.12. The lowest BCUT2D eigenvalue weighted by molar-refractivity contribution is -0.133. The van der Waals surface area contributed by atoms with Crippen LogP contribution in [0.4, 0.5) is 11.4 Å². The van der Waals surface area contributed by atoms with E-state index in [0.717, 1.165) is 12.0 Å². The molecule has 0 aliphatic heterocycles. The van der Waals surface area contributed by atoms with Crippen LogP contribution in [0.5, 0.6) is 0 Å². The van der Waals surface area contributed by atoms with Crippen molar-refractivity contribution in [1.29, 1.82) is 0 Å². The Labute approximate surface area is 143 Å². The zero-order chi connectivity index (χ0) is 17.7. The quantitative estimate of drug-likeness (QED) is 0.834. The van der Waals surface area contributed by atoms with Gasteiger partial charge in [-0.25, -0.2) is 0 Å². The topological polar surface area (TPSA) is 58.2 Å². The number of para-hydroxylation sites is 1. The molecule has 0 radical (unpaired) electrons. The highest BCUT2D eigenvalue weighted by molar-refractivity contribution is 6.43. The first-order chi connectivity index (χ1) is 11.3. The van der Waals surface area contributed by atoms with E-state index in [-0.39, 0.29) is 5.41 Å². The number of hydrogen-bond donors (Lipinski definition) is 2. The summed E-state index contributed by atoms with van der Waals surface area (Å²) in [6, 6.07) is 15.0. The summed E-state index contributed by atoms with van der Waals surface area (Å²) in [6.45, 7) is 8.37. The van der Waals surface area contributed by atoms with Crippen molar-refractivity contribution < 1.29 is 9.59 Å². The number of rotatable bonds is 3. The average molecular weight is 324 g/mol. The van der Waals surface area contributed by atoms with Crippen molar-refractivity contribution in [1.82, 2.24) is 0 Å². The van der Waals surface area contributed by atoms with E-state index >= 15 is 0 Å². The van der Waals surface area contributed by atoms with Crippen LogP contribution < -0.4 is 10.6 Å². The number of nitrogens with one attached hydrogen (secondary N) is 2. The summed E-state index contributed by atoms with van der Waals surface area (Å²) in [6.07, 6.45) is 0.784. The monoisotopic (exact) mass is 324 g/mol. The van der Waals surface area contributed by atoms with Gasteiger partial charge in [-0.2, -0.15) is 0 Å². The van der Waals surface area contributed by atoms with Gasteiger partial charge in [0.05, 0.1) is 0 Å². The molecule has 2 aromatic carbocycles. The molecule has 0 aromatic heterocycles. The normalized spacial score (nSPS) is 11.0. The third-order valence-corrected chi connectivity index (χ3v) is 3.86. The van der Waals surface area contributed by atoms with Gasteiger partial charge < -0.3 is 10.6 Å². The van der Waals surface area contributed by atoms with E-state index in [1.54, 1.807) is 6.07 Å². The van der Waals surface area contributed by atoms with Gasteiger partial charge in [-0.15, -0.1) is 0 Å². The molecular weight excluding hydrogens is 300 g/mol. The summed E-state index contributed by atoms with van der Waals surface area (Å²) in [5, 5.41) is 5.29. The molecule has 24 heavy (non-hydrogen) atoms. The molecule has 0 aliphatic rings. The van der Waals surface area contributed by atoms with Crippen LogP contribution in [0.2, 0.25) is 0 Å². The zero-order valence-electron chi connectivity index (χ0n) is 14.6. The summed E-state index contributed by atoms with van der Waals surface area (Å²) in [7, 11) is 0. The third kappa shape index (κ3) is 4.44. The molecule has 0 aliphatic carbocycles. The average Bonchev–Trinajstić information content (AvgIpc) is 2.55. The maximum atomic E-state index is 12.1. The predicted molar refractivity (Wildman–Crippen MR) is 98.2 cm³/mol. The van der Waals surface area contributed by atoms with Gasteiger partial charge in [0.1, 0.15) is 0 Å². The third-order valence-electron chi connectivity index (χ3n) is 3.86. The van der Waals surface area contributed by atoms with Gasteiger partial charge in [-0.05, 0) is 41.2 Å². The van der Waals surface area contributed by atoms with Crippen molar-refractivity contribution in [2.75, 3.05) is 10.6 Å². The Morgan fingerprint density at radius 3 is 2.04 bits per heavy atom. The second-order valence-electron chi connectivity index (χ2n) is 6.75. The fraction of sp³-hybridized carbons (Fsp3) is 0.300. The molecule has 0 atom stereocenters. The highest BCUT2D eigenvalue weighted by atomic mass is 16.2. The van der Waals surface area contributed by atoms with Gasteiger partial charge in [0.2, 0.25) is 0 Å². The first-order valence-electron chi connectivity index (χ1n) is 8.12. The van der Waals surface area contributed by atoms with Gasteiger partial charge >= 0.3 is 11.8 Å². The van der Waals surface area contributed by atoms with Crippen LogP contribution in [0.25, 0.3) is 0 Å². The lowest BCUT2D eigenvalue weighted by Gasteiger charge is -2.19. The van der Waals surface area contributed by atoms with E-state index in [9.17, 15) is 9.59 Å². The Morgan fingerprint density at radius 1 is 0.875 bits per heavy atom. The van der Waals surface area contributed by atoms with E-state index in [0.29, 0.717) is 11.4 Å². The standard InChI is InChI=1S/C20H24N2O2/c1-5-14-8-6-7-9-17(14)22-19(24)18(23)21-16-12-10-15(11-13-16)20(2,3)4/h6-13H,5H2,1-4H3,(H,21,23)(H,22,24). The Morgan fingerprint density at radius 2 is 1.46 bits per heavy atom. The lowest BCUT2D eigenvalue weighted by Crippen LogP contribution is -2.29. The maximum absolute atomic E-state index is 12.1. The molecule has 0 saturated heterocycles. The first-order valence-corrected chi connectivity index (χ1v) is 8.12. The molecule has 2 aromatic rings. The van der Waals surface area contributed by atoms with Crippen molar-refractivity contribution in [2.24, 2.45) is 0 Å². The zero-order valence-corrected chi connectivity index (χ0v) is 14.6. The van der Waals surface area contributed by atoms with E-state index in [4.69, 9.17) is 0 Å². The number of carbonyl (C=O) groups excluding carboxylic acids is 2. The maximum Gasteiger partial charge on any atom is 0.314 e. The van der Waals surface area contributed by atoms with Gasteiger partial charge in [-0.1, -0.05) is 58.0 Å². The molecule has 0 fully saturated rings. The lowest BCUT2D eigenvalue weighted by atomic mass is 9.87. The SMILES string of the molecule is CCc1ccccc1NC(=O)C(=O)Nc1ccc(C(C)(C)C)cc1. The van der Waals surface area contributed by atoms with Crippen molar-refractivity contribution in [3.05, 3.63) is 59.7 Å². The largest absolute Gasteiger partial charge is 0.318 e. The molecule has 0 spiro atoms. The molecule has 0 unspecified atom stereocenters. The Balaban J connectivity index is 2.03. The van der Waals surface area contributed by atoms with Crippen LogP contribution in [0.15, 0.2) is 48.5 Å². The van der Waals surface area contributed by atoms with E-state index in [1.165, 1.54) is 5.56 Å². The summed E-state index contributed by atoms with van der Waals surface area (Å²) in [4.78, 5) is 24.2. The van der Waals surface area contributed by atoms with Gasteiger partial charge in [0.15, 0.2) is 0 Å². The van der Waals surface area contributed by atoms with Crippen molar-refractivity contribution in [3.63, 3.8) is 0 Å². The fourth-order valence-corrected chi connectivity index (χ4v) is 2.37. The molecule has 4 nitrogen and oxygen atoms in total. The summed E-state index contributed by atoms with van der Waals surface area (Å²) in [5.41, 5.74) is 3.48. The van der Waals surface area contributed by atoms with Crippen LogP contribution in [-0.4, -0.2) is 11.8 Å². The highest BCUT2D eigenvalue weighted by Crippen LogP contribution is 2.23.